The smallest absolute Gasteiger partial charge is 0.333 e. The molecule has 0 radical (unpaired) electrons. The zero-order valence-electron chi connectivity index (χ0n) is 11.7. The summed E-state index contributed by atoms with van der Waals surface area (Å²) in [5.41, 5.74) is 0.709. The van der Waals surface area contributed by atoms with Gasteiger partial charge >= 0.3 is 5.97 Å². The zero-order valence-corrected chi connectivity index (χ0v) is 12.5. The van der Waals surface area contributed by atoms with E-state index in [2.05, 4.69) is 0 Å². The number of ether oxygens (including phenoxy) is 1. The average Bonchev–Trinajstić information content (AvgIpc) is 2.44. The molecule has 3 N–H and O–H groups in total. The van der Waals surface area contributed by atoms with E-state index in [4.69, 9.17) is 14.9 Å². The van der Waals surface area contributed by atoms with Crippen LogP contribution in [0.2, 0.25) is 0 Å². The third-order valence-corrected chi connectivity index (χ3v) is 4.18. The van der Waals surface area contributed by atoms with E-state index < -0.39 is 28.8 Å². The molecule has 0 aromatic heterocycles. The molecule has 0 spiro atoms. The van der Waals surface area contributed by atoms with Crippen LogP contribution in [0.5, 0.6) is 5.75 Å². The number of aliphatic hydroxyl groups is 1. The summed E-state index contributed by atoms with van der Waals surface area (Å²) in [6.07, 6.45) is -1.79. The van der Waals surface area contributed by atoms with Gasteiger partial charge in [-0.3, -0.25) is 0 Å². The second-order valence-corrected chi connectivity index (χ2v) is 6.18. The number of rotatable bonds is 8. The molecule has 1 rings (SSSR count). The van der Waals surface area contributed by atoms with Crippen molar-refractivity contribution < 1.29 is 28.2 Å². The van der Waals surface area contributed by atoms with Gasteiger partial charge in [-0.2, -0.15) is 17.4 Å². The molecule has 1 atom stereocenters. The molecule has 118 valence electrons. The van der Waals surface area contributed by atoms with Crippen LogP contribution in [0.25, 0.3) is 0 Å². The zero-order chi connectivity index (χ0) is 16.0. The summed E-state index contributed by atoms with van der Waals surface area (Å²) in [5, 5.41) is 17.6. The molecule has 8 nitrogen and oxygen atoms in total. The predicted octanol–water partition coefficient (Wildman–Crippen LogP) is -0.593. The highest BCUT2D eigenvalue weighted by atomic mass is 32.2. The first-order valence-corrected chi connectivity index (χ1v) is 7.45. The fourth-order valence-electron chi connectivity index (χ4n) is 1.49. The van der Waals surface area contributed by atoms with Gasteiger partial charge in [-0.15, -0.1) is 0 Å². The van der Waals surface area contributed by atoms with Crippen molar-refractivity contribution in [2.24, 2.45) is 0 Å². The highest BCUT2D eigenvalue weighted by Gasteiger charge is 2.21. The molecule has 1 aromatic rings. The molecule has 9 heteroatoms. The number of hydrogen-bond acceptors (Lipinski definition) is 5. The molecule has 0 fully saturated rings. The maximum atomic E-state index is 11.9. The minimum absolute atomic E-state index is 0.0791. The van der Waals surface area contributed by atoms with E-state index in [0.29, 0.717) is 11.3 Å². The van der Waals surface area contributed by atoms with Gasteiger partial charge in [0.2, 0.25) is 0 Å². The third kappa shape index (κ3) is 5.31. The molecular formula is C12H18N2O6S. The molecule has 1 aromatic carbocycles. The Morgan fingerprint density at radius 3 is 2.71 bits per heavy atom. The molecule has 0 amide bonds. The summed E-state index contributed by atoms with van der Waals surface area (Å²) in [6, 6.07) is 6.90. The van der Waals surface area contributed by atoms with Crippen LogP contribution < -0.4 is 9.46 Å². The number of methoxy groups -OCH3 is 1. The summed E-state index contributed by atoms with van der Waals surface area (Å²) >= 11 is 0. The van der Waals surface area contributed by atoms with Crippen LogP contribution in [0, 0.1) is 0 Å². The van der Waals surface area contributed by atoms with Gasteiger partial charge in [-0.1, -0.05) is 12.1 Å². The molecule has 0 aliphatic carbocycles. The van der Waals surface area contributed by atoms with Crippen molar-refractivity contribution in [2.75, 3.05) is 20.7 Å². The minimum atomic E-state index is -3.89. The third-order valence-electron chi connectivity index (χ3n) is 2.69. The summed E-state index contributed by atoms with van der Waals surface area (Å²) in [7, 11) is -1.04. The van der Waals surface area contributed by atoms with E-state index in [1.165, 1.54) is 14.2 Å². The van der Waals surface area contributed by atoms with Gasteiger partial charge in [-0.25, -0.2) is 4.79 Å². The maximum Gasteiger partial charge on any atom is 0.333 e. The maximum absolute atomic E-state index is 11.9. The number of carbonyl (C=O) groups is 1. The molecule has 0 bridgehead atoms. The van der Waals surface area contributed by atoms with E-state index in [9.17, 15) is 13.2 Å². The second kappa shape index (κ2) is 7.36. The van der Waals surface area contributed by atoms with E-state index in [-0.39, 0.29) is 6.54 Å². The monoisotopic (exact) mass is 318 g/mol. The Morgan fingerprint density at radius 2 is 2.14 bits per heavy atom. The van der Waals surface area contributed by atoms with Crippen molar-refractivity contribution in [3.05, 3.63) is 29.8 Å². The number of aliphatic hydroxyl groups excluding tert-OH is 1. The number of carboxylic acids is 1. The number of hydrogen-bond donors (Lipinski definition) is 3. The number of aliphatic carboxylic acids is 1. The molecule has 0 saturated carbocycles. The van der Waals surface area contributed by atoms with Crippen LogP contribution in [0.3, 0.4) is 0 Å². The van der Waals surface area contributed by atoms with Gasteiger partial charge in [0.05, 0.1) is 7.11 Å². The van der Waals surface area contributed by atoms with Crippen molar-refractivity contribution in [1.29, 1.82) is 0 Å². The van der Waals surface area contributed by atoms with Gasteiger partial charge in [0, 0.05) is 20.1 Å². The van der Waals surface area contributed by atoms with Gasteiger partial charge < -0.3 is 14.9 Å². The molecule has 0 saturated heterocycles. The lowest BCUT2D eigenvalue weighted by Crippen LogP contribution is -2.43. The van der Waals surface area contributed by atoms with Crippen molar-refractivity contribution in [1.82, 2.24) is 9.03 Å². The lowest BCUT2D eigenvalue weighted by Gasteiger charge is -2.18. The number of nitrogens with zero attached hydrogens (tertiary/aromatic N) is 1. The van der Waals surface area contributed by atoms with Gasteiger partial charge in [0.25, 0.3) is 10.2 Å². The summed E-state index contributed by atoms with van der Waals surface area (Å²) in [6.45, 7) is -0.518. The van der Waals surface area contributed by atoms with Gasteiger partial charge in [-0.05, 0) is 17.7 Å². The standard InChI is InChI=1S/C12H18N2O6S/c1-14(8-9-4-3-5-10(6-9)20-2)21(18,19)13-7-11(15)12(16)17/h3-6,11,13,15H,7-8H2,1-2H3,(H,16,17)/t11-/m0/s1. The van der Waals surface area contributed by atoms with Crippen LogP contribution >= 0.6 is 0 Å². The van der Waals surface area contributed by atoms with E-state index >= 15 is 0 Å². The van der Waals surface area contributed by atoms with E-state index in [0.717, 1.165) is 4.31 Å². The Bertz CT molecular complexity index is 589. The van der Waals surface area contributed by atoms with Gasteiger partial charge in [0.15, 0.2) is 6.10 Å². The first-order valence-electron chi connectivity index (χ1n) is 6.01. The van der Waals surface area contributed by atoms with Crippen LogP contribution in [0.15, 0.2) is 24.3 Å². The van der Waals surface area contributed by atoms with Crippen molar-refractivity contribution in [2.45, 2.75) is 12.6 Å². The lowest BCUT2D eigenvalue weighted by atomic mass is 10.2. The van der Waals surface area contributed by atoms with Gasteiger partial charge in [0.1, 0.15) is 5.75 Å². The Balaban J connectivity index is 2.68. The highest BCUT2D eigenvalue weighted by Crippen LogP contribution is 2.14. The summed E-state index contributed by atoms with van der Waals surface area (Å²) in [5.74, 6) is -0.888. The second-order valence-electron chi connectivity index (χ2n) is 4.32. The van der Waals surface area contributed by atoms with Crippen LogP contribution in [0.1, 0.15) is 5.56 Å². The SMILES string of the molecule is COc1cccc(CN(C)S(=O)(=O)NC[C@H](O)C(=O)O)c1. The molecule has 0 heterocycles. The minimum Gasteiger partial charge on any atom is -0.497 e. The van der Waals surface area contributed by atoms with Crippen molar-refractivity contribution >= 4 is 16.2 Å². The highest BCUT2D eigenvalue weighted by molar-refractivity contribution is 7.87. The van der Waals surface area contributed by atoms with E-state index in [1.807, 2.05) is 4.72 Å². The fraction of sp³-hybridized carbons (Fsp3) is 0.417. The largest absolute Gasteiger partial charge is 0.497 e. The van der Waals surface area contributed by atoms with Crippen molar-refractivity contribution in [3.63, 3.8) is 0 Å². The quantitative estimate of drug-likeness (QED) is 0.590. The summed E-state index contributed by atoms with van der Waals surface area (Å²) < 4.78 is 31.9. The Hall–Kier alpha value is -1.68. The average molecular weight is 318 g/mol. The summed E-state index contributed by atoms with van der Waals surface area (Å²) in [4.78, 5) is 10.4. The first-order chi connectivity index (χ1) is 9.76. The van der Waals surface area contributed by atoms with E-state index in [1.54, 1.807) is 24.3 Å². The Kier molecular flexibility index (Phi) is 6.09. The Morgan fingerprint density at radius 1 is 1.48 bits per heavy atom. The van der Waals surface area contributed by atoms with Crippen molar-refractivity contribution in [3.8, 4) is 5.75 Å². The molecule has 0 aliphatic heterocycles. The fourth-order valence-corrected chi connectivity index (χ4v) is 2.40. The number of nitrogens with one attached hydrogen (secondary N) is 1. The number of carboxylic acid groups (broad SMARTS) is 1. The van der Waals surface area contributed by atoms with Crippen LogP contribution in [-0.4, -0.2) is 55.7 Å². The molecule has 0 unspecified atom stereocenters. The lowest BCUT2D eigenvalue weighted by molar-refractivity contribution is -0.146. The Labute approximate surface area is 123 Å². The first kappa shape index (κ1) is 17.4. The molecule has 0 aliphatic rings. The normalized spacial score (nSPS) is 13.1. The number of benzene rings is 1. The molecular weight excluding hydrogens is 300 g/mol. The van der Waals surface area contributed by atoms with Crippen LogP contribution in [0.4, 0.5) is 0 Å². The predicted molar refractivity (Wildman–Crippen MR) is 75.0 cm³/mol. The molecule has 21 heavy (non-hydrogen) atoms. The topological polar surface area (TPSA) is 116 Å². The van der Waals surface area contributed by atoms with Crippen LogP contribution in [-0.2, 0) is 21.5 Å².